The van der Waals surface area contributed by atoms with Crippen LogP contribution in [0.4, 0.5) is 5.95 Å². The van der Waals surface area contributed by atoms with E-state index in [9.17, 15) is 0 Å². The summed E-state index contributed by atoms with van der Waals surface area (Å²) in [4.78, 5) is 8.80. The summed E-state index contributed by atoms with van der Waals surface area (Å²) in [6.07, 6.45) is 0. The Bertz CT molecular complexity index is 782. The van der Waals surface area contributed by atoms with Crippen LogP contribution in [-0.2, 0) is 0 Å². The van der Waals surface area contributed by atoms with Crippen LogP contribution in [-0.4, -0.2) is 14.5 Å². The van der Waals surface area contributed by atoms with Gasteiger partial charge in [-0.15, -0.1) is 0 Å². The molecule has 6 heteroatoms. The molecule has 0 unspecified atom stereocenters. The van der Waals surface area contributed by atoms with Gasteiger partial charge in [-0.2, -0.15) is 0 Å². The molecule has 0 aliphatic carbocycles. The molecule has 4 nitrogen and oxygen atoms in total. The van der Waals surface area contributed by atoms with Crippen molar-refractivity contribution in [3.63, 3.8) is 0 Å². The number of nitrogens with two attached hydrogens (primary N) is 1. The van der Waals surface area contributed by atoms with Gasteiger partial charge in [-0.25, -0.2) is 9.97 Å². The average Bonchev–Trinajstić information content (AvgIpc) is 2.68. The molecule has 0 aliphatic heterocycles. The van der Waals surface area contributed by atoms with Crippen LogP contribution >= 0.6 is 27.5 Å². The van der Waals surface area contributed by atoms with E-state index in [2.05, 4.69) is 25.9 Å². The first-order valence-electron chi connectivity index (χ1n) is 5.63. The van der Waals surface area contributed by atoms with E-state index in [4.69, 9.17) is 17.3 Å². The van der Waals surface area contributed by atoms with E-state index < -0.39 is 0 Å². The van der Waals surface area contributed by atoms with Crippen molar-refractivity contribution in [1.82, 2.24) is 14.5 Å². The number of halogens is 2. The third kappa shape index (κ3) is 2.09. The highest BCUT2D eigenvalue weighted by atomic mass is 79.9. The van der Waals surface area contributed by atoms with Crippen LogP contribution in [0.25, 0.3) is 16.9 Å². The molecule has 19 heavy (non-hydrogen) atoms. The van der Waals surface area contributed by atoms with Crippen LogP contribution in [0.15, 0.2) is 34.8 Å². The number of fused-ring (bicyclic) bond motifs is 1. The van der Waals surface area contributed by atoms with Gasteiger partial charge < -0.3 is 5.73 Å². The number of rotatable bonds is 1. The normalized spacial score (nSPS) is 11.1. The van der Waals surface area contributed by atoms with Crippen molar-refractivity contribution in [1.29, 1.82) is 0 Å². The summed E-state index contributed by atoms with van der Waals surface area (Å²) in [7, 11) is 0. The molecule has 0 saturated heterocycles. The predicted octanol–water partition coefficient (Wildman–Crippen LogP) is 3.73. The van der Waals surface area contributed by atoms with Crippen molar-refractivity contribution in [3.05, 3.63) is 45.5 Å². The summed E-state index contributed by atoms with van der Waals surface area (Å²) in [6.45, 7) is 1.93. The molecule has 3 aromatic rings. The van der Waals surface area contributed by atoms with E-state index >= 15 is 0 Å². The van der Waals surface area contributed by atoms with Crippen LogP contribution < -0.4 is 5.73 Å². The van der Waals surface area contributed by atoms with Gasteiger partial charge in [-0.05, 0) is 53.2 Å². The van der Waals surface area contributed by atoms with Crippen molar-refractivity contribution in [2.75, 3.05) is 5.73 Å². The van der Waals surface area contributed by atoms with Crippen LogP contribution in [0.1, 0.15) is 5.69 Å². The minimum atomic E-state index is 0.395. The lowest BCUT2D eigenvalue weighted by Crippen LogP contribution is -2.01. The number of imidazole rings is 1. The minimum Gasteiger partial charge on any atom is -0.369 e. The zero-order valence-corrected chi connectivity index (χ0v) is 12.4. The number of hydrogen-bond acceptors (Lipinski definition) is 3. The van der Waals surface area contributed by atoms with E-state index in [1.54, 1.807) is 4.57 Å². The third-order valence-corrected chi connectivity index (χ3v) is 4.06. The Morgan fingerprint density at radius 3 is 2.74 bits per heavy atom. The van der Waals surface area contributed by atoms with Crippen LogP contribution in [0.5, 0.6) is 0 Å². The predicted molar refractivity (Wildman–Crippen MR) is 80.7 cm³/mol. The fourth-order valence-electron chi connectivity index (χ4n) is 1.95. The topological polar surface area (TPSA) is 56.7 Å². The molecule has 0 amide bonds. The van der Waals surface area contributed by atoms with Crippen molar-refractivity contribution >= 4 is 44.6 Å². The quantitative estimate of drug-likeness (QED) is 0.736. The highest BCUT2D eigenvalue weighted by Crippen LogP contribution is 2.28. The molecular formula is C13H10BrClN4. The first kappa shape index (κ1) is 12.4. The van der Waals surface area contributed by atoms with Crippen molar-refractivity contribution in [2.24, 2.45) is 0 Å². The number of aryl methyl sites for hydroxylation is 1. The summed E-state index contributed by atoms with van der Waals surface area (Å²) in [5, 5.41) is 0.617. The lowest BCUT2D eigenvalue weighted by Gasteiger charge is -2.07. The summed E-state index contributed by atoms with van der Waals surface area (Å²) in [5.41, 5.74) is 9.23. The van der Waals surface area contributed by atoms with Gasteiger partial charge >= 0.3 is 0 Å². The van der Waals surface area contributed by atoms with Crippen LogP contribution in [0, 0.1) is 6.92 Å². The van der Waals surface area contributed by atoms with Crippen molar-refractivity contribution in [2.45, 2.75) is 6.92 Å². The highest BCUT2D eigenvalue weighted by Gasteiger charge is 2.12. The van der Waals surface area contributed by atoms with Gasteiger partial charge in [0.2, 0.25) is 5.95 Å². The standard InChI is InChI=1S/C13H10BrClN4/c1-7-2-5-11-12(17-7)19(13(16)18-11)8-3-4-9(14)10(15)6-8/h2-6H,1H3,(H2,16,18). The van der Waals surface area contributed by atoms with Gasteiger partial charge in [0.25, 0.3) is 0 Å². The van der Waals surface area contributed by atoms with E-state index in [0.717, 1.165) is 27.0 Å². The van der Waals surface area contributed by atoms with Crippen molar-refractivity contribution in [3.8, 4) is 5.69 Å². The second-order valence-corrected chi connectivity index (χ2v) is 5.46. The number of pyridine rings is 1. The summed E-state index contributed by atoms with van der Waals surface area (Å²) < 4.78 is 2.63. The zero-order chi connectivity index (χ0) is 13.6. The molecule has 2 aromatic heterocycles. The summed E-state index contributed by atoms with van der Waals surface area (Å²) >= 11 is 9.49. The van der Waals surface area contributed by atoms with Gasteiger partial charge in [0.1, 0.15) is 5.52 Å². The fraction of sp³-hybridized carbons (Fsp3) is 0.0769. The summed E-state index contributed by atoms with van der Waals surface area (Å²) in [6, 6.07) is 9.43. The molecule has 2 heterocycles. The Morgan fingerprint density at radius 2 is 2.00 bits per heavy atom. The monoisotopic (exact) mass is 336 g/mol. The van der Waals surface area contributed by atoms with E-state index in [0.29, 0.717) is 11.0 Å². The maximum Gasteiger partial charge on any atom is 0.207 e. The Balaban J connectivity index is 2.31. The number of nitrogens with zero attached hydrogens (tertiary/aromatic N) is 3. The molecule has 3 rings (SSSR count). The number of benzene rings is 1. The average molecular weight is 338 g/mol. The Morgan fingerprint density at radius 1 is 1.21 bits per heavy atom. The Hall–Kier alpha value is -1.59. The lowest BCUT2D eigenvalue weighted by molar-refractivity contribution is 1.07. The van der Waals surface area contributed by atoms with Crippen LogP contribution in [0.3, 0.4) is 0 Å². The molecule has 0 radical (unpaired) electrons. The summed E-state index contributed by atoms with van der Waals surface area (Å²) in [5.74, 6) is 0.395. The second kappa shape index (κ2) is 4.51. The van der Waals surface area contributed by atoms with Crippen LogP contribution in [0.2, 0.25) is 5.02 Å². The molecule has 0 bridgehead atoms. The van der Waals surface area contributed by atoms with Gasteiger partial charge in [-0.1, -0.05) is 11.6 Å². The lowest BCUT2D eigenvalue weighted by atomic mass is 10.3. The molecule has 0 spiro atoms. The molecular weight excluding hydrogens is 328 g/mol. The zero-order valence-electron chi connectivity index (χ0n) is 10.1. The first-order valence-corrected chi connectivity index (χ1v) is 6.80. The minimum absolute atomic E-state index is 0.395. The SMILES string of the molecule is Cc1ccc2nc(N)n(-c3ccc(Br)c(Cl)c3)c2n1. The molecule has 2 N–H and O–H groups in total. The second-order valence-electron chi connectivity index (χ2n) is 4.20. The number of anilines is 1. The molecule has 0 aliphatic rings. The van der Waals surface area contributed by atoms with Crippen molar-refractivity contribution < 1.29 is 0 Å². The van der Waals surface area contributed by atoms with Gasteiger partial charge in [0.15, 0.2) is 5.65 Å². The number of aromatic nitrogens is 3. The molecule has 0 fully saturated rings. The number of hydrogen-bond donors (Lipinski definition) is 1. The first-order chi connectivity index (χ1) is 9.06. The molecule has 0 atom stereocenters. The van der Waals surface area contributed by atoms with Gasteiger partial charge in [0.05, 0.1) is 10.7 Å². The Kier molecular flexibility index (Phi) is 2.95. The third-order valence-electron chi connectivity index (χ3n) is 2.83. The van der Waals surface area contributed by atoms with E-state index in [1.165, 1.54) is 0 Å². The Labute approximate surface area is 123 Å². The smallest absolute Gasteiger partial charge is 0.207 e. The molecule has 96 valence electrons. The maximum absolute atomic E-state index is 6.12. The van der Waals surface area contributed by atoms with Gasteiger partial charge in [-0.3, -0.25) is 4.57 Å². The number of nitrogen functional groups attached to an aromatic ring is 1. The largest absolute Gasteiger partial charge is 0.369 e. The van der Waals surface area contributed by atoms with Gasteiger partial charge in [0, 0.05) is 10.2 Å². The maximum atomic E-state index is 6.12. The van der Waals surface area contributed by atoms with E-state index in [1.807, 2.05) is 37.3 Å². The molecule has 1 aromatic carbocycles. The fourth-order valence-corrected chi connectivity index (χ4v) is 2.37. The highest BCUT2D eigenvalue weighted by molar-refractivity contribution is 9.10. The van der Waals surface area contributed by atoms with E-state index in [-0.39, 0.29) is 0 Å². The molecule has 0 saturated carbocycles.